The van der Waals surface area contributed by atoms with Gasteiger partial charge in [-0.3, -0.25) is 0 Å². The van der Waals surface area contributed by atoms with E-state index in [4.69, 9.17) is 10.5 Å². The number of hydrogen-bond acceptors (Lipinski definition) is 3. The van der Waals surface area contributed by atoms with Gasteiger partial charge >= 0.3 is 0 Å². The Kier molecular flexibility index (Phi) is 3.63. The van der Waals surface area contributed by atoms with Crippen molar-refractivity contribution in [2.24, 2.45) is 0 Å². The van der Waals surface area contributed by atoms with Gasteiger partial charge in [0.2, 0.25) is 0 Å². The number of hydrogen-bond donors (Lipinski definition) is 1. The van der Waals surface area contributed by atoms with Gasteiger partial charge in [-0.25, -0.2) is 8.78 Å². The van der Waals surface area contributed by atoms with Crippen molar-refractivity contribution in [1.29, 1.82) is 0 Å². The summed E-state index contributed by atoms with van der Waals surface area (Å²) in [6.45, 7) is 0.179. The van der Waals surface area contributed by atoms with Crippen LogP contribution in [0, 0.1) is 11.6 Å². The molecule has 0 saturated carbocycles. The van der Waals surface area contributed by atoms with E-state index < -0.39 is 11.6 Å². The summed E-state index contributed by atoms with van der Waals surface area (Å²) in [6, 6.07) is 3.73. The molecule has 0 aliphatic heterocycles. The molecule has 0 unspecified atom stereocenters. The van der Waals surface area contributed by atoms with Gasteiger partial charge in [0, 0.05) is 16.6 Å². The third kappa shape index (κ3) is 2.76. The summed E-state index contributed by atoms with van der Waals surface area (Å²) in [7, 11) is 0. The zero-order valence-electron chi connectivity index (χ0n) is 8.54. The number of rotatable bonds is 3. The number of ether oxygens (including phenoxy) is 1. The number of nitrogens with two attached hydrogens (primary N) is 1. The summed E-state index contributed by atoms with van der Waals surface area (Å²) >= 11 is 4.80. The molecule has 2 nitrogen and oxygen atoms in total. The second-order valence-electron chi connectivity index (χ2n) is 3.28. The number of nitrogen functional groups attached to an aromatic ring is 1. The molecule has 17 heavy (non-hydrogen) atoms. The van der Waals surface area contributed by atoms with Crippen molar-refractivity contribution >= 4 is 33.0 Å². The summed E-state index contributed by atoms with van der Waals surface area (Å²) < 4.78 is 32.6. The van der Waals surface area contributed by atoms with Gasteiger partial charge in [0.05, 0.1) is 10.6 Å². The Morgan fingerprint density at radius 2 is 2.06 bits per heavy atom. The molecule has 2 N–H and O–H groups in total. The first-order valence-corrected chi connectivity index (χ1v) is 6.34. The van der Waals surface area contributed by atoms with Gasteiger partial charge in [0.1, 0.15) is 12.4 Å². The lowest BCUT2D eigenvalue weighted by atomic mass is 10.3. The Labute approximate surface area is 109 Å². The van der Waals surface area contributed by atoms with E-state index in [-0.39, 0.29) is 18.0 Å². The van der Waals surface area contributed by atoms with E-state index in [1.54, 1.807) is 0 Å². The van der Waals surface area contributed by atoms with Crippen LogP contribution in [-0.4, -0.2) is 0 Å². The number of anilines is 1. The second kappa shape index (κ2) is 5.01. The van der Waals surface area contributed by atoms with Crippen LogP contribution < -0.4 is 10.5 Å². The smallest absolute Gasteiger partial charge is 0.167 e. The molecular weight excluding hydrogens is 312 g/mol. The van der Waals surface area contributed by atoms with E-state index in [0.717, 1.165) is 21.5 Å². The van der Waals surface area contributed by atoms with Crippen LogP contribution in [0.4, 0.5) is 14.5 Å². The number of halogens is 3. The largest absolute Gasteiger partial charge is 0.485 e. The highest BCUT2D eigenvalue weighted by molar-refractivity contribution is 9.10. The third-order valence-electron chi connectivity index (χ3n) is 2.10. The van der Waals surface area contributed by atoms with E-state index in [0.29, 0.717) is 0 Å². The lowest BCUT2D eigenvalue weighted by molar-refractivity contribution is 0.291. The molecular formula is C11H8BrF2NOS. The highest BCUT2D eigenvalue weighted by Gasteiger charge is 2.10. The minimum atomic E-state index is -0.688. The van der Waals surface area contributed by atoms with E-state index in [2.05, 4.69) is 15.9 Å². The van der Waals surface area contributed by atoms with Gasteiger partial charge in [-0.1, -0.05) is 0 Å². The molecule has 0 radical (unpaired) electrons. The Balaban J connectivity index is 2.14. The molecule has 2 aromatic rings. The molecule has 6 heteroatoms. The van der Waals surface area contributed by atoms with Crippen molar-refractivity contribution in [2.45, 2.75) is 6.61 Å². The van der Waals surface area contributed by atoms with Gasteiger partial charge in [0.15, 0.2) is 11.6 Å². The fourth-order valence-corrected chi connectivity index (χ4v) is 2.60. The molecule has 1 heterocycles. The SMILES string of the molecule is Nc1cc(F)c(OCc2sccc2Br)cc1F. The van der Waals surface area contributed by atoms with Crippen LogP contribution in [0.15, 0.2) is 28.1 Å². The predicted octanol–water partition coefficient (Wildman–Crippen LogP) is 3.95. The Hall–Kier alpha value is -1.14. The molecule has 0 atom stereocenters. The lowest BCUT2D eigenvalue weighted by Gasteiger charge is -2.07. The van der Waals surface area contributed by atoms with Crippen LogP contribution in [0.1, 0.15) is 4.88 Å². The van der Waals surface area contributed by atoms with Crippen molar-refractivity contribution < 1.29 is 13.5 Å². The lowest BCUT2D eigenvalue weighted by Crippen LogP contribution is -1.99. The maximum absolute atomic E-state index is 13.4. The second-order valence-corrected chi connectivity index (χ2v) is 5.14. The van der Waals surface area contributed by atoms with Gasteiger partial charge < -0.3 is 10.5 Å². The van der Waals surface area contributed by atoms with Crippen LogP contribution in [0.3, 0.4) is 0 Å². The quantitative estimate of drug-likeness (QED) is 0.869. The molecule has 0 fully saturated rings. The van der Waals surface area contributed by atoms with Crippen molar-refractivity contribution in [2.75, 3.05) is 5.73 Å². The minimum absolute atomic E-state index is 0.142. The summed E-state index contributed by atoms with van der Waals surface area (Å²) in [5.74, 6) is -1.50. The van der Waals surface area contributed by atoms with Crippen LogP contribution in [0.2, 0.25) is 0 Å². The molecule has 2 rings (SSSR count). The molecule has 0 saturated heterocycles. The van der Waals surface area contributed by atoms with Crippen molar-refractivity contribution in [3.63, 3.8) is 0 Å². The maximum atomic E-state index is 13.4. The van der Waals surface area contributed by atoms with Gasteiger partial charge in [-0.15, -0.1) is 11.3 Å². The normalized spacial score (nSPS) is 10.5. The molecule has 1 aromatic heterocycles. The molecule has 90 valence electrons. The van der Waals surface area contributed by atoms with E-state index >= 15 is 0 Å². The van der Waals surface area contributed by atoms with Gasteiger partial charge in [0.25, 0.3) is 0 Å². The van der Waals surface area contributed by atoms with Gasteiger partial charge in [-0.2, -0.15) is 0 Å². The van der Waals surface area contributed by atoms with Crippen LogP contribution in [0.5, 0.6) is 5.75 Å². The van der Waals surface area contributed by atoms with Crippen LogP contribution >= 0.6 is 27.3 Å². The maximum Gasteiger partial charge on any atom is 0.167 e. The van der Waals surface area contributed by atoms with E-state index in [9.17, 15) is 8.78 Å². The molecule has 0 aliphatic carbocycles. The average molecular weight is 320 g/mol. The van der Waals surface area contributed by atoms with Crippen molar-refractivity contribution in [1.82, 2.24) is 0 Å². The topological polar surface area (TPSA) is 35.2 Å². The first-order chi connectivity index (χ1) is 8.08. The summed E-state index contributed by atoms with van der Waals surface area (Å²) in [4.78, 5) is 0.904. The first-order valence-electron chi connectivity index (χ1n) is 4.67. The highest BCUT2D eigenvalue weighted by atomic mass is 79.9. The highest BCUT2D eigenvalue weighted by Crippen LogP contribution is 2.27. The fourth-order valence-electron chi connectivity index (χ4n) is 1.23. The summed E-state index contributed by atoms with van der Waals surface area (Å²) in [5.41, 5.74) is 5.00. The summed E-state index contributed by atoms with van der Waals surface area (Å²) in [5, 5.41) is 1.88. The van der Waals surface area contributed by atoms with Crippen molar-refractivity contribution in [3.8, 4) is 5.75 Å². The molecule has 0 aliphatic rings. The standard InChI is InChI=1S/C11H8BrF2NOS/c12-6-1-2-17-11(6)5-16-10-4-7(13)9(15)3-8(10)14/h1-4H,5,15H2. The van der Waals surface area contributed by atoms with E-state index in [1.165, 1.54) is 11.3 Å². The first kappa shape index (κ1) is 12.3. The molecule has 0 amide bonds. The molecule has 0 bridgehead atoms. The zero-order valence-corrected chi connectivity index (χ0v) is 10.9. The van der Waals surface area contributed by atoms with E-state index in [1.807, 2.05) is 11.4 Å². The van der Waals surface area contributed by atoms with Crippen molar-refractivity contribution in [3.05, 3.63) is 44.6 Å². The minimum Gasteiger partial charge on any atom is -0.485 e. The van der Waals surface area contributed by atoms with Gasteiger partial charge in [-0.05, 0) is 27.4 Å². The Bertz CT molecular complexity index is 544. The fraction of sp³-hybridized carbons (Fsp3) is 0.0909. The Morgan fingerprint density at radius 3 is 2.71 bits per heavy atom. The van der Waals surface area contributed by atoms with Crippen LogP contribution in [-0.2, 0) is 6.61 Å². The van der Waals surface area contributed by atoms with Crippen LogP contribution in [0.25, 0.3) is 0 Å². The molecule has 0 spiro atoms. The predicted molar refractivity (Wildman–Crippen MR) is 67.1 cm³/mol. The monoisotopic (exact) mass is 319 g/mol. The zero-order chi connectivity index (χ0) is 12.4. The summed E-state index contributed by atoms with van der Waals surface area (Å²) in [6.07, 6.45) is 0. The number of thiophene rings is 1. The number of benzene rings is 1. The third-order valence-corrected chi connectivity index (χ3v) is 4.00. The molecule has 1 aromatic carbocycles. The Morgan fingerprint density at radius 1 is 1.29 bits per heavy atom. The average Bonchev–Trinajstić information content (AvgIpc) is 2.68.